The fraction of sp³-hybridized carbons (Fsp3) is 0.333. The molecule has 2 aromatic carbocycles. The summed E-state index contributed by atoms with van der Waals surface area (Å²) < 4.78 is 32.7. The van der Waals surface area contributed by atoms with Crippen LogP contribution < -0.4 is 9.46 Å². The second-order valence-corrected chi connectivity index (χ2v) is 8.25. The lowest BCUT2D eigenvalue weighted by Crippen LogP contribution is -2.15. The Morgan fingerprint density at radius 3 is 2.30 bits per heavy atom. The zero-order chi connectivity index (χ0) is 17.3. The number of benzene rings is 2. The van der Waals surface area contributed by atoms with Gasteiger partial charge in [-0.2, -0.15) is 0 Å². The van der Waals surface area contributed by atoms with Crippen LogP contribution in [-0.2, 0) is 15.4 Å². The van der Waals surface area contributed by atoms with E-state index >= 15 is 0 Å². The predicted octanol–water partition coefficient (Wildman–Crippen LogP) is 4.10. The Balaban J connectivity index is 2.32. The summed E-state index contributed by atoms with van der Waals surface area (Å²) in [5, 5.41) is 0. The van der Waals surface area contributed by atoms with Gasteiger partial charge in [0.05, 0.1) is 12.0 Å². The van der Waals surface area contributed by atoms with Crippen molar-refractivity contribution in [2.24, 2.45) is 0 Å². The number of ether oxygens (including phenoxy) is 1. The van der Waals surface area contributed by atoms with Crippen LogP contribution in [0.5, 0.6) is 5.75 Å². The molecule has 0 spiro atoms. The quantitative estimate of drug-likeness (QED) is 0.916. The molecule has 5 heteroatoms. The normalized spacial score (nSPS) is 12.0. The van der Waals surface area contributed by atoms with E-state index in [9.17, 15) is 8.42 Å². The van der Waals surface area contributed by atoms with Gasteiger partial charge in [0.25, 0.3) is 10.0 Å². The van der Waals surface area contributed by atoms with Gasteiger partial charge in [-0.25, -0.2) is 8.42 Å². The first-order chi connectivity index (χ1) is 10.6. The Kier molecular flexibility index (Phi) is 4.71. The van der Waals surface area contributed by atoms with Crippen molar-refractivity contribution in [3.8, 4) is 5.75 Å². The van der Waals surface area contributed by atoms with Crippen molar-refractivity contribution in [3.05, 3.63) is 53.6 Å². The molecule has 0 aliphatic heterocycles. The van der Waals surface area contributed by atoms with E-state index in [1.807, 2.05) is 19.1 Å². The molecule has 0 heterocycles. The Hall–Kier alpha value is -2.01. The number of methoxy groups -OCH3 is 1. The van der Waals surface area contributed by atoms with Crippen molar-refractivity contribution < 1.29 is 13.2 Å². The SMILES string of the molecule is COc1cccc(S(=O)(=O)Nc2ccc(C(C)(C)C)c(C)c2)c1. The molecule has 124 valence electrons. The van der Waals surface area contributed by atoms with Gasteiger partial charge in [-0.05, 0) is 47.7 Å². The molecule has 0 bridgehead atoms. The Morgan fingerprint density at radius 1 is 1.04 bits per heavy atom. The van der Waals surface area contributed by atoms with Crippen LogP contribution in [0.25, 0.3) is 0 Å². The van der Waals surface area contributed by atoms with Crippen molar-refractivity contribution in [2.45, 2.75) is 38.0 Å². The minimum absolute atomic E-state index is 0.0221. The number of hydrogen-bond acceptors (Lipinski definition) is 3. The molecule has 0 atom stereocenters. The third kappa shape index (κ3) is 4.05. The smallest absolute Gasteiger partial charge is 0.262 e. The molecule has 0 fully saturated rings. The molecule has 0 saturated heterocycles. The van der Waals surface area contributed by atoms with Gasteiger partial charge in [0.15, 0.2) is 0 Å². The average Bonchev–Trinajstić information content (AvgIpc) is 2.45. The fourth-order valence-corrected chi connectivity index (χ4v) is 3.64. The summed E-state index contributed by atoms with van der Waals surface area (Å²) >= 11 is 0. The van der Waals surface area contributed by atoms with Crippen molar-refractivity contribution in [3.63, 3.8) is 0 Å². The van der Waals surface area contributed by atoms with E-state index in [4.69, 9.17) is 4.74 Å². The lowest BCUT2D eigenvalue weighted by atomic mass is 9.84. The van der Waals surface area contributed by atoms with Gasteiger partial charge in [0, 0.05) is 11.8 Å². The van der Waals surface area contributed by atoms with E-state index in [1.54, 1.807) is 24.3 Å². The molecular weight excluding hydrogens is 310 g/mol. The maximum absolute atomic E-state index is 12.5. The van der Waals surface area contributed by atoms with E-state index in [-0.39, 0.29) is 10.3 Å². The van der Waals surface area contributed by atoms with Crippen LogP contribution in [0.1, 0.15) is 31.9 Å². The molecule has 0 radical (unpaired) electrons. The molecule has 0 unspecified atom stereocenters. The van der Waals surface area contributed by atoms with Gasteiger partial charge in [0.1, 0.15) is 5.75 Å². The van der Waals surface area contributed by atoms with Gasteiger partial charge >= 0.3 is 0 Å². The molecular formula is C18H23NO3S. The second kappa shape index (κ2) is 6.24. The van der Waals surface area contributed by atoms with Gasteiger partial charge in [-0.3, -0.25) is 4.72 Å². The molecule has 2 rings (SSSR count). The monoisotopic (exact) mass is 333 g/mol. The first-order valence-corrected chi connectivity index (χ1v) is 8.90. The van der Waals surface area contributed by atoms with Gasteiger partial charge in [-0.1, -0.05) is 32.9 Å². The highest BCUT2D eigenvalue weighted by atomic mass is 32.2. The number of hydrogen-bond donors (Lipinski definition) is 1. The Labute approximate surface area is 138 Å². The van der Waals surface area contributed by atoms with Crippen molar-refractivity contribution in [1.29, 1.82) is 0 Å². The van der Waals surface area contributed by atoms with Crippen LogP contribution in [0.4, 0.5) is 5.69 Å². The first kappa shape index (κ1) is 17.3. The fourth-order valence-electron chi connectivity index (χ4n) is 2.55. The summed E-state index contributed by atoms with van der Waals surface area (Å²) in [6.07, 6.45) is 0. The molecule has 0 aliphatic rings. The third-order valence-corrected chi connectivity index (χ3v) is 5.02. The molecule has 4 nitrogen and oxygen atoms in total. The van der Waals surface area contributed by atoms with E-state index in [1.165, 1.54) is 18.7 Å². The van der Waals surface area contributed by atoms with Crippen LogP contribution in [0.15, 0.2) is 47.4 Å². The summed E-state index contributed by atoms with van der Waals surface area (Å²) in [7, 11) is -2.13. The molecule has 23 heavy (non-hydrogen) atoms. The predicted molar refractivity (Wildman–Crippen MR) is 93.7 cm³/mol. The van der Waals surface area contributed by atoms with Crippen LogP contribution in [0.2, 0.25) is 0 Å². The maximum Gasteiger partial charge on any atom is 0.262 e. The molecule has 1 N–H and O–H groups in total. The molecule has 2 aromatic rings. The van der Waals surface area contributed by atoms with Crippen molar-refractivity contribution in [1.82, 2.24) is 0 Å². The summed E-state index contributed by atoms with van der Waals surface area (Å²) in [4.78, 5) is 0.175. The van der Waals surface area contributed by atoms with Crippen LogP contribution in [-0.4, -0.2) is 15.5 Å². The van der Waals surface area contributed by atoms with Crippen molar-refractivity contribution in [2.75, 3.05) is 11.8 Å². The molecule has 0 amide bonds. The second-order valence-electron chi connectivity index (χ2n) is 6.56. The maximum atomic E-state index is 12.5. The Morgan fingerprint density at radius 2 is 1.74 bits per heavy atom. The lowest BCUT2D eigenvalue weighted by Gasteiger charge is -2.22. The number of aryl methyl sites for hydroxylation is 1. The minimum atomic E-state index is -3.64. The molecule has 0 aliphatic carbocycles. The third-order valence-electron chi connectivity index (χ3n) is 3.64. The van der Waals surface area contributed by atoms with E-state index in [0.29, 0.717) is 11.4 Å². The summed E-state index contributed by atoms with van der Waals surface area (Å²) in [5.74, 6) is 0.507. The van der Waals surface area contributed by atoms with Crippen LogP contribution in [0.3, 0.4) is 0 Å². The van der Waals surface area contributed by atoms with Crippen molar-refractivity contribution >= 4 is 15.7 Å². The highest BCUT2D eigenvalue weighted by Gasteiger charge is 2.18. The highest BCUT2D eigenvalue weighted by Crippen LogP contribution is 2.28. The molecule has 0 saturated carbocycles. The zero-order valence-electron chi connectivity index (χ0n) is 14.2. The molecule has 0 aromatic heterocycles. The standard InChI is InChI=1S/C18H23NO3S/c1-13-11-14(9-10-17(13)18(2,3)4)19-23(20,21)16-8-6-7-15(12-16)22-5/h6-12,19H,1-5H3. The number of nitrogens with one attached hydrogen (secondary N) is 1. The lowest BCUT2D eigenvalue weighted by molar-refractivity contribution is 0.413. The highest BCUT2D eigenvalue weighted by molar-refractivity contribution is 7.92. The number of rotatable bonds is 4. The van der Waals surface area contributed by atoms with Gasteiger partial charge in [-0.15, -0.1) is 0 Å². The first-order valence-electron chi connectivity index (χ1n) is 7.41. The zero-order valence-corrected chi connectivity index (χ0v) is 15.0. The van der Waals surface area contributed by atoms with Crippen LogP contribution >= 0.6 is 0 Å². The van der Waals surface area contributed by atoms with E-state index in [2.05, 4.69) is 25.5 Å². The number of anilines is 1. The average molecular weight is 333 g/mol. The number of sulfonamides is 1. The Bertz CT molecular complexity index is 805. The van der Waals surface area contributed by atoms with Crippen LogP contribution in [0, 0.1) is 6.92 Å². The topological polar surface area (TPSA) is 55.4 Å². The summed E-state index contributed by atoms with van der Waals surface area (Å²) in [6, 6.07) is 12.0. The van der Waals surface area contributed by atoms with E-state index < -0.39 is 10.0 Å². The minimum Gasteiger partial charge on any atom is -0.497 e. The summed E-state index contributed by atoms with van der Waals surface area (Å²) in [5.41, 5.74) is 2.83. The van der Waals surface area contributed by atoms with Gasteiger partial charge in [0.2, 0.25) is 0 Å². The van der Waals surface area contributed by atoms with Gasteiger partial charge < -0.3 is 4.74 Å². The largest absolute Gasteiger partial charge is 0.497 e. The van der Waals surface area contributed by atoms with E-state index in [0.717, 1.165) is 5.56 Å². The summed E-state index contributed by atoms with van der Waals surface area (Å²) in [6.45, 7) is 8.39.